The molecule has 0 aliphatic rings. The predicted molar refractivity (Wildman–Crippen MR) is 73.4 cm³/mol. The van der Waals surface area contributed by atoms with Crippen molar-refractivity contribution in [3.63, 3.8) is 0 Å². The van der Waals surface area contributed by atoms with Gasteiger partial charge in [-0.3, -0.25) is 4.79 Å². The predicted octanol–water partition coefficient (Wildman–Crippen LogP) is 0.889. The highest BCUT2D eigenvalue weighted by Crippen LogP contribution is 2.10. The van der Waals surface area contributed by atoms with Crippen LogP contribution < -0.4 is 5.56 Å². The topological polar surface area (TPSA) is 76.4 Å². The van der Waals surface area contributed by atoms with Crippen LogP contribution in [0.3, 0.4) is 0 Å². The Morgan fingerprint density at radius 1 is 1.10 bits per heavy atom. The van der Waals surface area contributed by atoms with Gasteiger partial charge < -0.3 is 5.21 Å². The van der Waals surface area contributed by atoms with Gasteiger partial charge in [-0.2, -0.15) is 4.73 Å². The van der Waals surface area contributed by atoms with E-state index < -0.39 is 15.4 Å². The van der Waals surface area contributed by atoms with Crippen LogP contribution in [-0.2, 0) is 9.84 Å². The van der Waals surface area contributed by atoms with Crippen LogP contribution in [-0.4, -0.2) is 24.6 Å². The maximum absolute atomic E-state index is 11.4. The van der Waals surface area contributed by atoms with Crippen LogP contribution in [0.15, 0.2) is 52.3 Å². The molecule has 0 spiro atoms. The van der Waals surface area contributed by atoms with Crippen LogP contribution in [0.25, 0.3) is 0 Å². The van der Waals surface area contributed by atoms with Crippen molar-refractivity contribution < 1.29 is 13.6 Å². The summed E-state index contributed by atoms with van der Waals surface area (Å²) >= 11 is 0. The molecular weight excluding hydrogens is 278 g/mol. The molecule has 1 aromatic carbocycles. The van der Waals surface area contributed by atoms with E-state index in [0.29, 0.717) is 15.9 Å². The summed E-state index contributed by atoms with van der Waals surface area (Å²) in [6.07, 6.45) is 2.32. The molecule has 0 aliphatic heterocycles. The average Bonchev–Trinajstić information content (AvgIpc) is 2.39. The van der Waals surface area contributed by atoms with Gasteiger partial charge in [0, 0.05) is 23.4 Å². The molecular formula is C14H11NO4S. The molecule has 1 aromatic heterocycles. The van der Waals surface area contributed by atoms with Crippen LogP contribution in [0.1, 0.15) is 11.1 Å². The van der Waals surface area contributed by atoms with Gasteiger partial charge in [-0.25, -0.2) is 8.42 Å². The highest BCUT2D eigenvalue weighted by Gasteiger charge is 2.06. The zero-order chi connectivity index (χ0) is 14.8. The fourth-order valence-corrected chi connectivity index (χ4v) is 2.17. The lowest BCUT2D eigenvalue weighted by atomic mass is 10.2. The standard InChI is InChI=1S/C14H11NO4S/c1-20(18,19)13-4-2-3-11(9-13)5-6-12-7-8-14(16)15(17)10-12/h2-4,7-10,17H,1H3. The molecule has 0 amide bonds. The highest BCUT2D eigenvalue weighted by atomic mass is 32.2. The molecule has 2 aromatic rings. The molecule has 2 rings (SSSR count). The molecule has 0 unspecified atom stereocenters. The molecule has 0 fully saturated rings. The third kappa shape index (κ3) is 3.28. The highest BCUT2D eigenvalue weighted by molar-refractivity contribution is 7.90. The maximum atomic E-state index is 11.4. The first-order valence-electron chi connectivity index (χ1n) is 5.60. The number of pyridine rings is 1. The van der Waals surface area contributed by atoms with Gasteiger partial charge in [0.2, 0.25) is 0 Å². The summed E-state index contributed by atoms with van der Waals surface area (Å²) in [4.78, 5) is 11.2. The van der Waals surface area contributed by atoms with Crippen molar-refractivity contribution in [2.75, 3.05) is 6.26 Å². The minimum atomic E-state index is -3.27. The monoisotopic (exact) mass is 289 g/mol. The molecule has 0 aliphatic carbocycles. The number of nitrogens with zero attached hydrogens (tertiary/aromatic N) is 1. The molecule has 0 saturated carbocycles. The van der Waals surface area contributed by atoms with Crippen LogP contribution in [0, 0.1) is 11.8 Å². The number of benzene rings is 1. The van der Waals surface area contributed by atoms with Gasteiger partial charge >= 0.3 is 0 Å². The number of hydrogen-bond donors (Lipinski definition) is 1. The van der Waals surface area contributed by atoms with Crippen molar-refractivity contribution in [3.8, 4) is 11.8 Å². The molecule has 0 saturated heterocycles. The Bertz CT molecular complexity index is 870. The van der Waals surface area contributed by atoms with Gasteiger partial charge in [0.1, 0.15) is 0 Å². The summed E-state index contributed by atoms with van der Waals surface area (Å²) in [5.74, 6) is 5.52. The molecule has 1 heterocycles. The summed E-state index contributed by atoms with van der Waals surface area (Å²) in [6.45, 7) is 0. The van der Waals surface area contributed by atoms with Crippen LogP contribution >= 0.6 is 0 Å². The van der Waals surface area contributed by atoms with Crippen LogP contribution in [0.2, 0.25) is 0 Å². The number of hydrogen-bond acceptors (Lipinski definition) is 4. The van der Waals surface area contributed by atoms with E-state index in [9.17, 15) is 18.4 Å². The first-order chi connectivity index (χ1) is 9.36. The zero-order valence-corrected chi connectivity index (χ0v) is 11.4. The largest absolute Gasteiger partial charge is 0.425 e. The van der Waals surface area contributed by atoms with E-state index >= 15 is 0 Å². The number of aromatic nitrogens is 1. The SMILES string of the molecule is CS(=O)(=O)c1cccc(C#Cc2ccc(=O)n(O)c2)c1. The van der Waals surface area contributed by atoms with Gasteiger partial charge in [0.05, 0.1) is 11.1 Å². The lowest BCUT2D eigenvalue weighted by Crippen LogP contribution is -2.15. The molecule has 1 N–H and O–H groups in total. The van der Waals surface area contributed by atoms with E-state index in [1.54, 1.807) is 12.1 Å². The Morgan fingerprint density at radius 3 is 2.45 bits per heavy atom. The molecule has 102 valence electrons. The quantitative estimate of drug-likeness (QED) is 0.625. The normalized spacial score (nSPS) is 10.7. The fraction of sp³-hybridized carbons (Fsp3) is 0.0714. The van der Waals surface area contributed by atoms with E-state index in [2.05, 4.69) is 11.8 Å². The van der Waals surface area contributed by atoms with Gasteiger partial charge in [-0.05, 0) is 24.3 Å². The van der Waals surface area contributed by atoms with Gasteiger partial charge in [-0.1, -0.05) is 17.9 Å². The third-order valence-corrected chi connectivity index (χ3v) is 3.62. The maximum Gasteiger partial charge on any atom is 0.282 e. The van der Waals surface area contributed by atoms with Gasteiger partial charge in [0.25, 0.3) is 5.56 Å². The van der Waals surface area contributed by atoms with Crippen LogP contribution in [0.5, 0.6) is 0 Å². The molecule has 0 atom stereocenters. The number of sulfone groups is 1. The average molecular weight is 289 g/mol. The summed E-state index contributed by atoms with van der Waals surface area (Å²) in [6, 6.07) is 8.91. The smallest absolute Gasteiger partial charge is 0.282 e. The van der Waals surface area contributed by atoms with E-state index in [-0.39, 0.29) is 4.90 Å². The first kappa shape index (κ1) is 13.9. The van der Waals surface area contributed by atoms with Gasteiger partial charge in [-0.15, -0.1) is 0 Å². The Labute approximate surface area is 116 Å². The summed E-state index contributed by atoms with van der Waals surface area (Å²) in [7, 11) is -3.27. The van der Waals surface area contributed by atoms with Crippen molar-refractivity contribution in [2.45, 2.75) is 4.90 Å². The Hall–Kier alpha value is -2.52. The lowest BCUT2D eigenvalue weighted by molar-refractivity contribution is 0.174. The summed E-state index contributed by atoms with van der Waals surface area (Å²) in [5.41, 5.74) is 0.426. The molecule has 0 radical (unpaired) electrons. The van der Waals surface area contributed by atoms with E-state index in [1.165, 1.54) is 30.5 Å². The van der Waals surface area contributed by atoms with Crippen molar-refractivity contribution >= 4 is 9.84 Å². The Kier molecular flexibility index (Phi) is 3.63. The minimum Gasteiger partial charge on any atom is -0.425 e. The Balaban J connectivity index is 2.38. The first-order valence-corrected chi connectivity index (χ1v) is 7.49. The Morgan fingerprint density at radius 2 is 1.80 bits per heavy atom. The van der Waals surface area contributed by atoms with E-state index in [0.717, 1.165) is 6.26 Å². The molecule has 5 nitrogen and oxygen atoms in total. The second-order valence-corrected chi connectivity index (χ2v) is 6.17. The third-order valence-electron chi connectivity index (χ3n) is 2.51. The van der Waals surface area contributed by atoms with Crippen molar-refractivity contribution in [1.29, 1.82) is 0 Å². The van der Waals surface area contributed by atoms with E-state index in [1.807, 2.05) is 0 Å². The van der Waals surface area contributed by atoms with Crippen LogP contribution in [0.4, 0.5) is 0 Å². The zero-order valence-electron chi connectivity index (χ0n) is 10.6. The van der Waals surface area contributed by atoms with Crippen molar-refractivity contribution in [1.82, 2.24) is 4.73 Å². The number of rotatable bonds is 1. The van der Waals surface area contributed by atoms with Gasteiger partial charge in [0.15, 0.2) is 9.84 Å². The lowest BCUT2D eigenvalue weighted by Gasteiger charge is -1.98. The summed E-state index contributed by atoms with van der Waals surface area (Å²) in [5, 5.41) is 9.21. The summed E-state index contributed by atoms with van der Waals surface area (Å²) < 4.78 is 23.3. The van der Waals surface area contributed by atoms with E-state index in [4.69, 9.17) is 0 Å². The second kappa shape index (κ2) is 5.23. The fourth-order valence-electron chi connectivity index (χ4n) is 1.50. The van der Waals surface area contributed by atoms with Crippen molar-refractivity contribution in [2.24, 2.45) is 0 Å². The second-order valence-electron chi connectivity index (χ2n) is 4.15. The molecule has 0 bridgehead atoms. The van der Waals surface area contributed by atoms with Crippen molar-refractivity contribution in [3.05, 3.63) is 64.1 Å². The molecule has 6 heteroatoms. The molecule has 20 heavy (non-hydrogen) atoms. The minimum absolute atomic E-state index is 0.191.